The molecule has 9 nitrogen and oxygen atoms in total. The fraction of sp³-hybridized carbons (Fsp3) is 0.727. The Morgan fingerprint density at radius 1 is 1.10 bits per heavy atom. The van der Waals surface area contributed by atoms with Gasteiger partial charge in [-0.1, -0.05) is 0 Å². The second kappa shape index (κ2) is 13.6. The van der Waals surface area contributed by atoms with Crippen LogP contribution in [0, 0.1) is 0 Å². The average Bonchev–Trinajstić information content (AvgIpc) is 2.38. The van der Waals surface area contributed by atoms with Gasteiger partial charge in [-0.15, -0.1) is 0 Å². The topological polar surface area (TPSA) is 194 Å². The van der Waals surface area contributed by atoms with Crippen LogP contribution >= 0.6 is 11.8 Å². The molecule has 124 valence electrons. The van der Waals surface area contributed by atoms with Gasteiger partial charge in [0.25, 0.3) is 0 Å². The Morgan fingerprint density at radius 2 is 1.62 bits per heavy atom. The number of carboxylic acids is 3. The Morgan fingerprint density at radius 3 is 2.00 bits per heavy atom. The van der Waals surface area contributed by atoms with Crippen LogP contribution in [0.5, 0.6) is 0 Å². The van der Waals surface area contributed by atoms with Crippen LogP contribution in [-0.2, 0) is 14.4 Å². The second-order valence-corrected chi connectivity index (χ2v) is 5.16. The van der Waals surface area contributed by atoms with Gasteiger partial charge in [-0.2, -0.15) is 11.8 Å². The van der Waals surface area contributed by atoms with Gasteiger partial charge in [0.1, 0.15) is 12.1 Å². The molecule has 21 heavy (non-hydrogen) atoms. The first-order valence-corrected chi connectivity index (χ1v) is 7.41. The summed E-state index contributed by atoms with van der Waals surface area (Å²) in [4.78, 5) is 30.1. The molecule has 0 fully saturated rings. The number of thioether (sulfide) groups is 1. The summed E-state index contributed by atoms with van der Waals surface area (Å²) in [5.74, 6) is -3.39. The summed E-state index contributed by atoms with van der Waals surface area (Å²) in [6.45, 7) is 0.854. The van der Waals surface area contributed by atoms with E-state index in [-0.39, 0.29) is 11.5 Å². The summed E-state index contributed by atoms with van der Waals surface area (Å²) in [6.07, 6.45) is 2.38. The van der Waals surface area contributed by atoms with Crippen LogP contribution in [-0.4, -0.2) is 58.3 Å². The summed E-state index contributed by atoms with van der Waals surface area (Å²) >= 11 is 0.930. The minimum atomic E-state index is -1.22. The van der Waals surface area contributed by atoms with Crippen LogP contribution in [0.4, 0.5) is 0 Å². The molecular weight excluding hydrogens is 302 g/mol. The van der Waals surface area contributed by atoms with Crippen LogP contribution < -0.4 is 22.3 Å². The van der Waals surface area contributed by atoms with Crippen LogP contribution in [0.15, 0.2) is 0 Å². The van der Waals surface area contributed by atoms with Gasteiger partial charge >= 0.3 is 11.9 Å². The van der Waals surface area contributed by atoms with Gasteiger partial charge in [-0.3, -0.25) is 9.59 Å². The maximum atomic E-state index is 10.2. The van der Waals surface area contributed by atoms with Crippen molar-refractivity contribution in [3.8, 4) is 0 Å². The standard InChI is InChI=1S/C6H14N2O2.C5H9NO4S/c7-4-2-1-3-5(8)6(9)10;6-3(5(9)10)1-11-2-4(7)8/h5H,1-4,7-8H2,(H,9,10);3H,1-2,6H2,(H,7,8)(H,9,10). The highest BCUT2D eigenvalue weighted by Crippen LogP contribution is 2.00. The number of nitrogens with two attached hydrogens (primary N) is 2. The number of aliphatic carboxylic acids is 3. The minimum Gasteiger partial charge on any atom is -0.549 e. The van der Waals surface area contributed by atoms with Crippen LogP contribution in [0.25, 0.3) is 0 Å². The lowest BCUT2D eigenvalue weighted by atomic mass is 10.1. The van der Waals surface area contributed by atoms with E-state index in [1.807, 2.05) is 0 Å². The summed E-state index contributed by atoms with van der Waals surface area (Å²) in [7, 11) is 0. The zero-order chi connectivity index (χ0) is 16.8. The lowest BCUT2D eigenvalue weighted by Crippen LogP contribution is -2.50. The maximum absolute atomic E-state index is 10.2. The quantitative estimate of drug-likeness (QED) is 0.255. The predicted octanol–water partition coefficient (Wildman–Crippen LogP) is -3.31. The highest BCUT2D eigenvalue weighted by molar-refractivity contribution is 7.99. The molecule has 0 radical (unpaired) electrons. The Bertz CT molecular complexity index is 329. The summed E-state index contributed by atoms with van der Waals surface area (Å²) in [6, 6.07) is -1.69. The van der Waals surface area contributed by atoms with Crippen LogP contribution in [0.1, 0.15) is 19.3 Å². The van der Waals surface area contributed by atoms with Gasteiger partial charge in [-0.05, 0) is 19.3 Å². The maximum Gasteiger partial charge on any atom is 0.321 e. The zero-order valence-corrected chi connectivity index (χ0v) is 12.5. The number of hydrogen-bond donors (Lipinski definition) is 5. The van der Waals surface area contributed by atoms with Crippen molar-refractivity contribution in [2.45, 2.75) is 31.3 Å². The van der Waals surface area contributed by atoms with E-state index in [0.29, 0.717) is 6.42 Å². The van der Waals surface area contributed by atoms with Crippen molar-refractivity contribution < 1.29 is 35.4 Å². The van der Waals surface area contributed by atoms with Crippen molar-refractivity contribution in [3.63, 3.8) is 0 Å². The number of carbonyl (C=O) groups is 3. The van der Waals surface area contributed by atoms with Crippen LogP contribution in [0.2, 0.25) is 0 Å². The SMILES string of the molecule is NC(CCCC[NH3+])C(=O)O.NC(CSCC(=O)[O-])C(=O)O. The molecule has 0 rings (SSSR count). The third-order valence-electron chi connectivity index (χ3n) is 2.17. The van der Waals surface area contributed by atoms with E-state index in [2.05, 4.69) is 5.73 Å². The van der Waals surface area contributed by atoms with Crippen molar-refractivity contribution in [2.24, 2.45) is 11.5 Å². The third-order valence-corrected chi connectivity index (χ3v) is 3.20. The van der Waals surface area contributed by atoms with Crippen molar-refractivity contribution in [2.75, 3.05) is 18.1 Å². The van der Waals surface area contributed by atoms with E-state index in [4.69, 9.17) is 21.7 Å². The molecule has 2 unspecified atom stereocenters. The third kappa shape index (κ3) is 16.6. The van der Waals surface area contributed by atoms with E-state index >= 15 is 0 Å². The molecule has 10 heteroatoms. The average molecular weight is 325 g/mol. The van der Waals surface area contributed by atoms with Crippen molar-refractivity contribution in [1.29, 1.82) is 0 Å². The highest BCUT2D eigenvalue weighted by Gasteiger charge is 2.10. The van der Waals surface area contributed by atoms with E-state index in [9.17, 15) is 19.5 Å². The fourth-order valence-corrected chi connectivity index (χ4v) is 1.69. The molecule has 0 heterocycles. The molecular formula is C11H23N3O6S. The molecule has 0 saturated carbocycles. The van der Waals surface area contributed by atoms with Gasteiger partial charge in [0, 0.05) is 11.5 Å². The first kappa shape index (κ1) is 21.9. The molecule has 0 amide bonds. The Balaban J connectivity index is 0. The predicted molar refractivity (Wildman–Crippen MR) is 75.2 cm³/mol. The van der Waals surface area contributed by atoms with E-state index in [1.54, 1.807) is 0 Å². The lowest BCUT2D eigenvalue weighted by molar-refractivity contribution is -0.368. The minimum absolute atomic E-state index is 0.0866. The number of rotatable bonds is 10. The Kier molecular flexibility index (Phi) is 14.2. The summed E-state index contributed by atoms with van der Waals surface area (Å²) in [5, 5.41) is 26.4. The zero-order valence-electron chi connectivity index (χ0n) is 11.7. The number of hydrogen-bond acceptors (Lipinski definition) is 7. The molecule has 0 aromatic rings. The fourth-order valence-electron chi connectivity index (χ4n) is 1.01. The summed E-state index contributed by atoms with van der Waals surface area (Å²) < 4.78 is 0. The molecule has 0 aromatic carbocycles. The molecule has 2 atom stereocenters. The number of carboxylic acid groups (broad SMARTS) is 3. The van der Waals surface area contributed by atoms with Gasteiger partial charge in [0.05, 0.1) is 12.5 Å². The van der Waals surface area contributed by atoms with Crippen LogP contribution in [0.3, 0.4) is 0 Å². The van der Waals surface area contributed by atoms with Crippen molar-refractivity contribution in [3.05, 3.63) is 0 Å². The molecule has 0 aliphatic carbocycles. The first-order chi connectivity index (χ1) is 9.72. The van der Waals surface area contributed by atoms with E-state index in [1.165, 1.54) is 0 Å². The molecule has 0 saturated heterocycles. The molecule has 0 spiro atoms. The normalized spacial score (nSPS) is 12.7. The molecule has 0 aliphatic rings. The molecule has 9 N–H and O–H groups in total. The largest absolute Gasteiger partial charge is 0.549 e. The number of quaternary nitrogens is 1. The van der Waals surface area contributed by atoms with Crippen molar-refractivity contribution in [1.82, 2.24) is 0 Å². The number of carbonyl (C=O) groups excluding carboxylic acids is 1. The summed E-state index contributed by atoms with van der Waals surface area (Å²) in [5.41, 5.74) is 13.9. The monoisotopic (exact) mass is 325 g/mol. The molecule has 0 aromatic heterocycles. The second-order valence-electron chi connectivity index (χ2n) is 4.13. The number of unbranched alkanes of at least 4 members (excludes halogenated alkanes) is 1. The van der Waals surface area contributed by atoms with Gasteiger partial charge in [-0.25, -0.2) is 0 Å². The van der Waals surface area contributed by atoms with E-state index in [0.717, 1.165) is 31.1 Å². The molecule has 0 aliphatic heterocycles. The molecule has 0 bridgehead atoms. The van der Waals surface area contributed by atoms with Gasteiger partial charge < -0.3 is 37.3 Å². The smallest absolute Gasteiger partial charge is 0.321 e. The Hall–Kier alpha value is -1.36. The lowest BCUT2D eigenvalue weighted by Gasteiger charge is -2.05. The highest BCUT2D eigenvalue weighted by atomic mass is 32.2. The van der Waals surface area contributed by atoms with Crippen molar-refractivity contribution >= 4 is 29.7 Å². The van der Waals surface area contributed by atoms with E-state index < -0.39 is 30.0 Å². The Labute approximate surface area is 126 Å². The van der Waals surface area contributed by atoms with Gasteiger partial charge in [0.2, 0.25) is 0 Å². The van der Waals surface area contributed by atoms with Gasteiger partial charge in [0.15, 0.2) is 0 Å². The first-order valence-electron chi connectivity index (χ1n) is 6.26.